The molecule has 138 valence electrons. The van der Waals surface area contributed by atoms with Crippen LogP contribution in [0.3, 0.4) is 0 Å². The summed E-state index contributed by atoms with van der Waals surface area (Å²) >= 11 is 7.56. The van der Waals surface area contributed by atoms with Gasteiger partial charge in [0.05, 0.1) is 17.4 Å². The first-order valence-electron chi connectivity index (χ1n) is 8.45. The van der Waals surface area contributed by atoms with E-state index in [0.29, 0.717) is 10.6 Å². The molecule has 0 radical (unpaired) electrons. The first-order valence-corrected chi connectivity index (χ1v) is 9.81. The Labute approximate surface area is 163 Å². The van der Waals surface area contributed by atoms with Crippen molar-refractivity contribution in [2.75, 3.05) is 5.75 Å². The van der Waals surface area contributed by atoms with Crippen LogP contribution in [0.2, 0.25) is 5.02 Å². The molecule has 0 heterocycles. The molecule has 2 rings (SSSR count). The summed E-state index contributed by atoms with van der Waals surface area (Å²) in [7, 11) is 0. The van der Waals surface area contributed by atoms with E-state index in [-0.39, 0.29) is 29.7 Å². The molecule has 0 aliphatic heterocycles. The molecular formula is C20H23ClN2O2S. The summed E-state index contributed by atoms with van der Waals surface area (Å²) < 4.78 is 0. The number of thioether (sulfide) groups is 1. The van der Waals surface area contributed by atoms with Gasteiger partial charge in [-0.2, -0.15) is 0 Å². The summed E-state index contributed by atoms with van der Waals surface area (Å²) in [5.41, 5.74) is 1.41. The maximum atomic E-state index is 12.7. The number of nitrogens with one attached hydrogen (secondary N) is 2. The Morgan fingerprint density at radius 2 is 1.65 bits per heavy atom. The second kappa shape index (κ2) is 9.64. The molecule has 0 fully saturated rings. The van der Waals surface area contributed by atoms with Crippen molar-refractivity contribution in [1.29, 1.82) is 0 Å². The van der Waals surface area contributed by atoms with Crippen LogP contribution in [0.15, 0.2) is 53.4 Å². The summed E-state index contributed by atoms with van der Waals surface area (Å²) in [5.74, 6) is 0.0251. The van der Waals surface area contributed by atoms with Crippen LogP contribution < -0.4 is 10.6 Å². The van der Waals surface area contributed by atoms with Crippen LogP contribution in [0.1, 0.15) is 42.7 Å². The predicted octanol–water partition coefficient (Wildman–Crippen LogP) is 4.45. The van der Waals surface area contributed by atoms with Crippen LogP contribution in [-0.2, 0) is 4.79 Å². The third-order valence-electron chi connectivity index (χ3n) is 3.66. The zero-order valence-corrected chi connectivity index (χ0v) is 16.7. The van der Waals surface area contributed by atoms with Crippen LogP contribution in [0, 0.1) is 0 Å². The van der Waals surface area contributed by atoms with Gasteiger partial charge in [-0.1, -0.05) is 41.9 Å². The van der Waals surface area contributed by atoms with Gasteiger partial charge in [-0.3, -0.25) is 9.59 Å². The Morgan fingerprint density at radius 3 is 2.35 bits per heavy atom. The molecule has 26 heavy (non-hydrogen) atoms. The van der Waals surface area contributed by atoms with Gasteiger partial charge in [-0.15, -0.1) is 11.8 Å². The number of hydrogen-bond acceptors (Lipinski definition) is 3. The standard InChI is InChI=1S/C20H23ClN2O2S/c1-13(2)22-19(24)12-26-18-11-7-5-9-16(18)20(25)23-14(3)15-8-4-6-10-17(15)21/h4-11,13-14H,12H2,1-3H3,(H,22,24)(H,23,25). The van der Waals surface area contributed by atoms with Gasteiger partial charge in [-0.25, -0.2) is 0 Å². The average Bonchev–Trinajstić information content (AvgIpc) is 2.60. The van der Waals surface area contributed by atoms with Gasteiger partial charge < -0.3 is 10.6 Å². The molecule has 1 atom stereocenters. The Morgan fingerprint density at radius 1 is 1.00 bits per heavy atom. The molecule has 2 aromatic rings. The summed E-state index contributed by atoms with van der Waals surface area (Å²) in [4.78, 5) is 25.3. The number of halogens is 1. The van der Waals surface area contributed by atoms with Crippen LogP contribution >= 0.6 is 23.4 Å². The van der Waals surface area contributed by atoms with Gasteiger partial charge in [0, 0.05) is 16.0 Å². The fraction of sp³-hybridized carbons (Fsp3) is 0.300. The topological polar surface area (TPSA) is 58.2 Å². The molecule has 2 N–H and O–H groups in total. The fourth-order valence-corrected chi connectivity index (χ4v) is 3.63. The maximum Gasteiger partial charge on any atom is 0.252 e. The molecule has 4 nitrogen and oxygen atoms in total. The van der Waals surface area contributed by atoms with Gasteiger partial charge in [0.2, 0.25) is 5.91 Å². The van der Waals surface area contributed by atoms with Gasteiger partial charge in [0.1, 0.15) is 0 Å². The van der Waals surface area contributed by atoms with Crippen molar-refractivity contribution in [2.45, 2.75) is 37.8 Å². The fourth-order valence-electron chi connectivity index (χ4n) is 2.47. The van der Waals surface area contributed by atoms with Crippen molar-refractivity contribution >= 4 is 35.2 Å². The summed E-state index contributed by atoms with van der Waals surface area (Å²) in [6.07, 6.45) is 0. The summed E-state index contributed by atoms with van der Waals surface area (Å²) in [6.45, 7) is 5.73. The maximum absolute atomic E-state index is 12.7. The van der Waals surface area contributed by atoms with Crippen molar-refractivity contribution in [3.05, 3.63) is 64.7 Å². The normalized spacial score (nSPS) is 11.9. The summed E-state index contributed by atoms with van der Waals surface area (Å²) in [6, 6.07) is 14.6. The van der Waals surface area contributed by atoms with E-state index in [2.05, 4.69) is 10.6 Å². The average molecular weight is 391 g/mol. The molecule has 0 aliphatic carbocycles. The Bertz CT molecular complexity index is 780. The van der Waals surface area contributed by atoms with Crippen LogP contribution in [0.5, 0.6) is 0 Å². The highest BCUT2D eigenvalue weighted by atomic mass is 35.5. The van der Waals surface area contributed by atoms with E-state index >= 15 is 0 Å². The second-order valence-electron chi connectivity index (χ2n) is 6.22. The zero-order valence-electron chi connectivity index (χ0n) is 15.1. The minimum absolute atomic E-state index is 0.0513. The van der Waals surface area contributed by atoms with E-state index in [1.165, 1.54) is 11.8 Å². The van der Waals surface area contributed by atoms with Crippen LogP contribution in [0.25, 0.3) is 0 Å². The monoisotopic (exact) mass is 390 g/mol. The lowest BCUT2D eigenvalue weighted by Crippen LogP contribution is -2.31. The predicted molar refractivity (Wildman–Crippen MR) is 108 cm³/mol. The van der Waals surface area contributed by atoms with Crippen LogP contribution in [0.4, 0.5) is 0 Å². The molecule has 6 heteroatoms. The Balaban J connectivity index is 2.07. The molecular weight excluding hydrogens is 368 g/mol. The van der Waals surface area contributed by atoms with E-state index in [1.54, 1.807) is 12.1 Å². The lowest BCUT2D eigenvalue weighted by atomic mass is 10.1. The summed E-state index contributed by atoms with van der Waals surface area (Å²) in [5, 5.41) is 6.44. The van der Waals surface area contributed by atoms with Crippen molar-refractivity contribution in [3.63, 3.8) is 0 Å². The molecule has 0 bridgehead atoms. The molecule has 0 saturated carbocycles. The zero-order chi connectivity index (χ0) is 19.1. The van der Waals surface area contributed by atoms with Gasteiger partial charge >= 0.3 is 0 Å². The highest BCUT2D eigenvalue weighted by molar-refractivity contribution is 8.00. The van der Waals surface area contributed by atoms with Crippen molar-refractivity contribution in [2.24, 2.45) is 0 Å². The first kappa shape index (κ1) is 20.3. The lowest BCUT2D eigenvalue weighted by molar-refractivity contribution is -0.119. The largest absolute Gasteiger partial charge is 0.353 e. The third-order valence-corrected chi connectivity index (χ3v) is 5.08. The highest BCUT2D eigenvalue weighted by Gasteiger charge is 2.17. The Hall–Kier alpha value is -1.98. The second-order valence-corrected chi connectivity index (χ2v) is 7.65. The molecule has 0 saturated heterocycles. The van der Waals surface area contributed by atoms with E-state index in [4.69, 9.17) is 11.6 Å². The first-order chi connectivity index (χ1) is 12.4. The SMILES string of the molecule is CC(C)NC(=O)CSc1ccccc1C(=O)NC(C)c1ccccc1Cl. The molecule has 1 unspecified atom stereocenters. The molecule has 2 amide bonds. The van der Waals surface area contributed by atoms with Crippen molar-refractivity contribution in [3.8, 4) is 0 Å². The van der Waals surface area contributed by atoms with E-state index in [1.807, 2.05) is 57.2 Å². The van der Waals surface area contributed by atoms with Crippen molar-refractivity contribution < 1.29 is 9.59 Å². The number of rotatable bonds is 7. The molecule has 0 aliphatic rings. The van der Waals surface area contributed by atoms with Gasteiger partial charge in [-0.05, 0) is 44.5 Å². The van der Waals surface area contributed by atoms with E-state index < -0.39 is 0 Å². The minimum atomic E-state index is -0.224. The quantitative estimate of drug-likeness (QED) is 0.687. The Kier molecular flexibility index (Phi) is 7.54. The molecule has 2 aromatic carbocycles. The van der Waals surface area contributed by atoms with Gasteiger partial charge in [0.25, 0.3) is 5.91 Å². The van der Waals surface area contributed by atoms with E-state index in [9.17, 15) is 9.59 Å². The lowest BCUT2D eigenvalue weighted by Gasteiger charge is -2.17. The highest BCUT2D eigenvalue weighted by Crippen LogP contribution is 2.25. The van der Waals surface area contributed by atoms with Gasteiger partial charge in [0.15, 0.2) is 0 Å². The number of hydrogen-bond donors (Lipinski definition) is 2. The number of amides is 2. The molecule has 0 aromatic heterocycles. The molecule has 0 spiro atoms. The third kappa shape index (κ3) is 5.78. The van der Waals surface area contributed by atoms with E-state index in [0.717, 1.165) is 10.5 Å². The van der Waals surface area contributed by atoms with Crippen LogP contribution in [-0.4, -0.2) is 23.6 Å². The van der Waals surface area contributed by atoms with Crippen molar-refractivity contribution in [1.82, 2.24) is 10.6 Å². The minimum Gasteiger partial charge on any atom is -0.353 e. The smallest absolute Gasteiger partial charge is 0.252 e. The number of carbonyl (C=O) groups excluding carboxylic acids is 2. The number of carbonyl (C=O) groups is 2. The number of benzene rings is 2.